The number of aromatic amines is 1. The molecule has 0 aliphatic heterocycles. The Hall–Kier alpha value is -1.75. The van der Waals surface area contributed by atoms with Crippen LogP contribution in [-0.2, 0) is 0 Å². The van der Waals surface area contributed by atoms with Crippen LogP contribution in [-0.4, -0.2) is 9.97 Å². The summed E-state index contributed by atoms with van der Waals surface area (Å²) in [7, 11) is 0. The summed E-state index contributed by atoms with van der Waals surface area (Å²) in [6, 6.07) is 5.90. The third-order valence-electron chi connectivity index (χ3n) is 2.52. The number of aromatic nitrogens is 2. The highest BCUT2D eigenvalue weighted by molar-refractivity contribution is 5.55. The molecule has 90 valence electrons. The maximum absolute atomic E-state index is 12.4. The number of nitrogens with one attached hydrogen (secondary N) is 1. The van der Waals surface area contributed by atoms with Gasteiger partial charge in [-0.05, 0) is 6.92 Å². The molecule has 1 unspecified atom stereocenters. The normalized spacial score (nSPS) is 13.0. The molecule has 1 heterocycles. The predicted octanol–water partition coefficient (Wildman–Crippen LogP) is 3.03. The van der Waals surface area contributed by atoms with Crippen molar-refractivity contribution in [2.24, 2.45) is 5.73 Å². The van der Waals surface area contributed by atoms with Crippen molar-refractivity contribution in [3.63, 3.8) is 0 Å². The van der Waals surface area contributed by atoms with E-state index in [1.165, 1.54) is 12.1 Å². The van der Waals surface area contributed by atoms with Crippen molar-refractivity contribution in [3.05, 3.63) is 41.7 Å². The van der Waals surface area contributed by atoms with Crippen LogP contribution in [0.25, 0.3) is 11.4 Å². The van der Waals surface area contributed by atoms with E-state index in [0.717, 1.165) is 11.3 Å². The zero-order chi connectivity index (χ0) is 12.4. The first-order valence-electron chi connectivity index (χ1n) is 5.27. The second kappa shape index (κ2) is 4.63. The fraction of sp³-hybridized carbons (Fsp3) is 0.250. The van der Waals surface area contributed by atoms with Crippen LogP contribution >= 0.6 is 0 Å². The van der Waals surface area contributed by atoms with E-state index in [1.807, 2.05) is 6.92 Å². The third kappa shape index (κ3) is 2.50. The van der Waals surface area contributed by atoms with E-state index in [0.29, 0.717) is 5.82 Å². The molecule has 0 aliphatic carbocycles. The molecule has 0 spiro atoms. The lowest BCUT2D eigenvalue weighted by atomic mass is 10.1. The van der Waals surface area contributed by atoms with Gasteiger partial charge in [0.25, 0.3) is 6.43 Å². The van der Waals surface area contributed by atoms with Gasteiger partial charge in [-0.15, -0.1) is 0 Å². The number of imidazole rings is 1. The summed E-state index contributed by atoms with van der Waals surface area (Å²) in [4.78, 5) is 7.21. The van der Waals surface area contributed by atoms with Gasteiger partial charge in [0, 0.05) is 17.2 Å². The van der Waals surface area contributed by atoms with Crippen molar-refractivity contribution in [2.45, 2.75) is 19.4 Å². The molecule has 0 saturated carbocycles. The zero-order valence-corrected chi connectivity index (χ0v) is 9.32. The van der Waals surface area contributed by atoms with E-state index in [1.54, 1.807) is 18.3 Å². The Kier molecular flexibility index (Phi) is 3.19. The highest BCUT2D eigenvalue weighted by Crippen LogP contribution is 2.23. The molecule has 2 aromatic rings. The van der Waals surface area contributed by atoms with E-state index in [2.05, 4.69) is 9.97 Å². The molecule has 17 heavy (non-hydrogen) atoms. The average molecular weight is 237 g/mol. The first kappa shape index (κ1) is 11.7. The highest BCUT2D eigenvalue weighted by Gasteiger charge is 2.09. The first-order chi connectivity index (χ1) is 8.08. The summed E-state index contributed by atoms with van der Waals surface area (Å²) in [6.45, 7) is 1.84. The van der Waals surface area contributed by atoms with Gasteiger partial charge in [0.15, 0.2) is 0 Å². The first-order valence-corrected chi connectivity index (χ1v) is 5.27. The fourth-order valence-corrected chi connectivity index (χ4v) is 1.50. The van der Waals surface area contributed by atoms with E-state index in [4.69, 9.17) is 5.73 Å². The Bertz CT molecular complexity index is 489. The summed E-state index contributed by atoms with van der Waals surface area (Å²) in [5.41, 5.74) is 7.29. The second-order valence-corrected chi connectivity index (χ2v) is 3.90. The molecule has 0 radical (unpaired) electrons. The summed E-state index contributed by atoms with van der Waals surface area (Å²) in [6.07, 6.45) is -0.790. The lowest BCUT2D eigenvalue weighted by Gasteiger charge is -2.02. The molecule has 5 heteroatoms. The number of H-pyrrole nitrogens is 1. The Morgan fingerprint density at radius 3 is 2.35 bits per heavy atom. The van der Waals surface area contributed by atoms with E-state index >= 15 is 0 Å². The topological polar surface area (TPSA) is 54.7 Å². The molecule has 3 N–H and O–H groups in total. The number of hydrogen-bond acceptors (Lipinski definition) is 2. The summed E-state index contributed by atoms with van der Waals surface area (Å²) < 4.78 is 24.7. The number of rotatable bonds is 3. The van der Waals surface area contributed by atoms with Gasteiger partial charge in [0.1, 0.15) is 5.82 Å². The average Bonchev–Trinajstić information content (AvgIpc) is 2.78. The second-order valence-electron chi connectivity index (χ2n) is 3.90. The molecule has 0 aliphatic rings. The van der Waals surface area contributed by atoms with Gasteiger partial charge in [-0.1, -0.05) is 24.3 Å². The van der Waals surface area contributed by atoms with Crippen LogP contribution in [0.15, 0.2) is 30.5 Å². The van der Waals surface area contributed by atoms with Gasteiger partial charge in [0.05, 0.1) is 11.9 Å². The van der Waals surface area contributed by atoms with Gasteiger partial charge in [-0.2, -0.15) is 0 Å². The standard InChI is InChI=1S/C12H13F2N3/c1-7(15)10-6-16-12(17-10)9-4-2-8(3-5-9)11(13)14/h2-7,11H,15H2,1H3,(H,16,17). The molecule has 0 bridgehead atoms. The molecule has 0 fully saturated rings. The quantitative estimate of drug-likeness (QED) is 0.862. The minimum atomic E-state index is -2.44. The van der Waals surface area contributed by atoms with Crippen LogP contribution in [0.1, 0.15) is 30.6 Å². The Morgan fingerprint density at radius 1 is 1.24 bits per heavy atom. The number of benzene rings is 1. The maximum Gasteiger partial charge on any atom is 0.263 e. The minimum absolute atomic E-state index is 0.00715. The van der Waals surface area contributed by atoms with Crippen LogP contribution in [0.3, 0.4) is 0 Å². The number of alkyl halides is 2. The van der Waals surface area contributed by atoms with E-state index in [-0.39, 0.29) is 11.6 Å². The van der Waals surface area contributed by atoms with Gasteiger partial charge < -0.3 is 10.7 Å². The van der Waals surface area contributed by atoms with Crippen molar-refractivity contribution in [2.75, 3.05) is 0 Å². The molecule has 1 aromatic heterocycles. The number of halogens is 2. The lowest BCUT2D eigenvalue weighted by molar-refractivity contribution is 0.151. The highest BCUT2D eigenvalue weighted by atomic mass is 19.3. The zero-order valence-electron chi connectivity index (χ0n) is 9.32. The van der Waals surface area contributed by atoms with E-state index in [9.17, 15) is 8.78 Å². The minimum Gasteiger partial charge on any atom is -0.341 e. The number of hydrogen-bond donors (Lipinski definition) is 2. The summed E-state index contributed by atoms with van der Waals surface area (Å²) in [5, 5.41) is 0. The fourth-order valence-electron chi connectivity index (χ4n) is 1.50. The molecule has 3 nitrogen and oxygen atoms in total. The van der Waals surface area contributed by atoms with Crippen molar-refractivity contribution >= 4 is 0 Å². The monoisotopic (exact) mass is 237 g/mol. The largest absolute Gasteiger partial charge is 0.341 e. The Balaban J connectivity index is 2.27. The van der Waals surface area contributed by atoms with Crippen molar-refractivity contribution < 1.29 is 8.78 Å². The van der Waals surface area contributed by atoms with Crippen LogP contribution in [0.5, 0.6) is 0 Å². The molecule has 0 saturated heterocycles. The van der Waals surface area contributed by atoms with Gasteiger partial charge >= 0.3 is 0 Å². The van der Waals surface area contributed by atoms with Crippen LogP contribution in [0.4, 0.5) is 8.78 Å². The predicted molar refractivity (Wildman–Crippen MR) is 61.6 cm³/mol. The van der Waals surface area contributed by atoms with Crippen LogP contribution in [0.2, 0.25) is 0 Å². The molecule has 0 amide bonds. The summed E-state index contributed by atoms with van der Waals surface area (Å²) >= 11 is 0. The molecular weight excluding hydrogens is 224 g/mol. The number of nitrogens with zero attached hydrogens (tertiary/aromatic N) is 1. The molecule has 1 aromatic carbocycles. The van der Waals surface area contributed by atoms with Gasteiger partial charge in [0.2, 0.25) is 0 Å². The van der Waals surface area contributed by atoms with Crippen molar-refractivity contribution in [3.8, 4) is 11.4 Å². The lowest BCUT2D eigenvalue weighted by Crippen LogP contribution is -2.04. The molecular formula is C12H13F2N3. The van der Waals surface area contributed by atoms with Gasteiger partial charge in [-0.25, -0.2) is 13.8 Å². The molecule has 2 rings (SSSR count). The summed E-state index contributed by atoms with van der Waals surface area (Å²) in [5.74, 6) is 0.637. The maximum atomic E-state index is 12.4. The van der Waals surface area contributed by atoms with Gasteiger partial charge in [-0.3, -0.25) is 0 Å². The Labute approximate surface area is 97.7 Å². The molecule has 1 atom stereocenters. The third-order valence-corrected chi connectivity index (χ3v) is 2.52. The SMILES string of the molecule is CC(N)c1cnc(-c2ccc(C(F)F)cc2)[nH]1. The smallest absolute Gasteiger partial charge is 0.263 e. The number of nitrogens with two attached hydrogens (primary N) is 1. The van der Waals surface area contributed by atoms with Crippen molar-refractivity contribution in [1.82, 2.24) is 9.97 Å². The van der Waals surface area contributed by atoms with E-state index < -0.39 is 6.43 Å². The van der Waals surface area contributed by atoms with Crippen molar-refractivity contribution in [1.29, 1.82) is 0 Å². The Morgan fingerprint density at radius 2 is 1.88 bits per heavy atom. The van der Waals surface area contributed by atoms with Crippen LogP contribution < -0.4 is 5.73 Å². The van der Waals surface area contributed by atoms with Crippen LogP contribution in [0, 0.1) is 0 Å².